The predicted molar refractivity (Wildman–Crippen MR) is 180 cm³/mol. The number of sulfone groups is 1. The standard InChI is InChI=1S/C32H36N6O4S2Si/c1-5-37-27-25(20-33-38(32(27)39)21-23-12-8-6-9-13-23)28-30(37)34-31(43-28)29(44(40,41)24-14-10-7-11-15-24)26-16-17-36(35-26)22-42-18-19-45(2,3)4/h6-17,20,29H,5,18-19,21-22H2,1-4H3. The molecule has 0 aliphatic heterocycles. The van der Waals surface area contributed by atoms with Crippen molar-refractivity contribution < 1.29 is 13.2 Å². The SMILES string of the molecule is CCn1c2nc(C(c3ccn(COCC[Si](C)(C)C)n3)S(=O)(=O)c3ccccc3)sc2c2cnn(Cc3ccccc3)c(=O)c21. The van der Waals surface area contributed by atoms with Crippen LogP contribution in [0.4, 0.5) is 0 Å². The highest BCUT2D eigenvalue weighted by Gasteiger charge is 2.36. The molecule has 0 radical (unpaired) electrons. The van der Waals surface area contributed by atoms with E-state index in [2.05, 4.69) is 29.8 Å². The second-order valence-corrected chi connectivity index (χ2v) is 20.9. The molecule has 0 aliphatic carbocycles. The molecule has 4 heterocycles. The van der Waals surface area contributed by atoms with Crippen molar-refractivity contribution >= 4 is 50.5 Å². The molecule has 0 amide bonds. The summed E-state index contributed by atoms with van der Waals surface area (Å²) in [7, 11) is -5.18. The van der Waals surface area contributed by atoms with E-state index in [0.29, 0.717) is 46.9 Å². The summed E-state index contributed by atoms with van der Waals surface area (Å²) in [6, 6.07) is 20.8. The predicted octanol–water partition coefficient (Wildman–Crippen LogP) is 5.95. The fourth-order valence-electron chi connectivity index (χ4n) is 5.28. The Bertz CT molecular complexity index is 2110. The lowest BCUT2D eigenvalue weighted by Gasteiger charge is -2.15. The number of fused-ring (bicyclic) bond motifs is 3. The van der Waals surface area contributed by atoms with Gasteiger partial charge in [-0.25, -0.2) is 22.8 Å². The van der Waals surface area contributed by atoms with Gasteiger partial charge in [-0.3, -0.25) is 4.79 Å². The van der Waals surface area contributed by atoms with Gasteiger partial charge in [0.05, 0.1) is 28.0 Å². The minimum atomic E-state index is -3.94. The Morgan fingerprint density at radius 2 is 1.71 bits per heavy atom. The van der Waals surface area contributed by atoms with Crippen LogP contribution in [0.2, 0.25) is 25.7 Å². The van der Waals surface area contributed by atoms with Crippen LogP contribution in [0, 0.1) is 0 Å². The monoisotopic (exact) mass is 660 g/mol. The highest BCUT2D eigenvalue weighted by Crippen LogP contribution is 2.40. The molecule has 234 valence electrons. The van der Waals surface area contributed by atoms with Crippen LogP contribution in [0.3, 0.4) is 0 Å². The van der Waals surface area contributed by atoms with Crippen LogP contribution in [-0.2, 0) is 34.4 Å². The van der Waals surface area contributed by atoms with Gasteiger partial charge in [0.25, 0.3) is 5.56 Å². The van der Waals surface area contributed by atoms with Crippen molar-refractivity contribution in [2.45, 2.75) is 62.6 Å². The maximum absolute atomic E-state index is 14.2. The van der Waals surface area contributed by atoms with Crippen molar-refractivity contribution in [2.24, 2.45) is 0 Å². The molecule has 0 bridgehead atoms. The van der Waals surface area contributed by atoms with Crippen molar-refractivity contribution in [2.75, 3.05) is 6.61 Å². The van der Waals surface area contributed by atoms with Crippen molar-refractivity contribution in [3.63, 3.8) is 0 Å². The van der Waals surface area contributed by atoms with Gasteiger partial charge >= 0.3 is 0 Å². The number of hydrogen-bond acceptors (Lipinski definition) is 8. The third kappa shape index (κ3) is 6.30. The summed E-state index contributed by atoms with van der Waals surface area (Å²) in [6.07, 6.45) is 3.43. The molecule has 1 atom stereocenters. The number of nitrogens with zero attached hydrogens (tertiary/aromatic N) is 6. The first-order valence-corrected chi connectivity index (χ1v) is 21.0. The summed E-state index contributed by atoms with van der Waals surface area (Å²) in [5.41, 5.74) is 2.18. The zero-order valence-electron chi connectivity index (χ0n) is 25.8. The zero-order chi connectivity index (χ0) is 31.8. The summed E-state index contributed by atoms with van der Waals surface area (Å²) in [5, 5.41) is 9.03. The van der Waals surface area contributed by atoms with Crippen LogP contribution >= 0.6 is 11.3 Å². The van der Waals surface area contributed by atoms with E-state index in [-0.39, 0.29) is 17.2 Å². The van der Waals surface area contributed by atoms with E-state index in [0.717, 1.165) is 16.3 Å². The number of hydrogen-bond donors (Lipinski definition) is 0. The average molecular weight is 661 g/mol. The summed E-state index contributed by atoms with van der Waals surface area (Å²) < 4.78 is 40.0. The van der Waals surface area contributed by atoms with Gasteiger partial charge in [0.2, 0.25) is 0 Å². The van der Waals surface area contributed by atoms with E-state index in [1.165, 1.54) is 16.0 Å². The molecule has 13 heteroatoms. The van der Waals surface area contributed by atoms with Gasteiger partial charge in [0.1, 0.15) is 17.3 Å². The molecule has 1 unspecified atom stereocenters. The van der Waals surface area contributed by atoms with E-state index < -0.39 is 23.2 Å². The Kier molecular flexibility index (Phi) is 8.61. The van der Waals surface area contributed by atoms with E-state index in [4.69, 9.17) is 9.72 Å². The molecule has 2 aromatic carbocycles. The van der Waals surface area contributed by atoms with Crippen LogP contribution in [0.5, 0.6) is 0 Å². The number of aryl methyl sites for hydroxylation is 1. The first-order valence-electron chi connectivity index (χ1n) is 14.9. The maximum Gasteiger partial charge on any atom is 0.291 e. The Morgan fingerprint density at radius 1 is 1.00 bits per heavy atom. The molecule has 6 rings (SSSR count). The smallest absolute Gasteiger partial charge is 0.291 e. The summed E-state index contributed by atoms with van der Waals surface area (Å²) >= 11 is 1.26. The van der Waals surface area contributed by atoms with Crippen molar-refractivity contribution in [1.29, 1.82) is 0 Å². The third-order valence-electron chi connectivity index (χ3n) is 7.66. The summed E-state index contributed by atoms with van der Waals surface area (Å²) in [6.45, 7) is 10.5. The number of benzene rings is 2. The first-order chi connectivity index (χ1) is 21.6. The van der Waals surface area contributed by atoms with Gasteiger partial charge < -0.3 is 9.30 Å². The maximum atomic E-state index is 14.2. The molecule has 0 fully saturated rings. The molecule has 4 aromatic heterocycles. The van der Waals surface area contributed by atoms with Crippen LogP contribution in [0.1, 0.15) is 28.4 Å². The van der Waals surface area contributed by atoms with Crippen LogP contribution in [-0.4, -0.2) is 52.2 Å². The van der Waals surface area contributed by atoms with Gasteiger partial charge in [0.15, 0.2) is 20.7 Å². The van der Waals surface area contributed by atoms with Crippen LogP contribution < -0.4 is 5.56 Å². The van der Waals surface area contributed by atoms with Crippen LogP contribution in [0.15, 0.2) is 88.8 Å². The summed E-state index contributed by atoms with van der Waals surface area (Å²) in [5.74, 6) is 0. The molecule has 10 nitrogen and oxygen atoms in total. The molecular weight excluding hydrogens is 625 g/mol. The number of rotatable bonds is 12. The normalized spacial score (nSPS) is 13.2. The Labute approximate surface area is 266 Å². The Hall–Kier alpha value is -3.91. The van der Waals surface area contributed by atoms with Gasteiger partial charge in [-0.15, -0.1) is 11.3 Å². The summed E-state index contributed by atoms with van der Waals surface area (Å²) in [4.78, 5) is 18.8. The minimum absolute atomic E-state index is 0.185. The Morgan fingerprint density at radius 3 is 2.40 bits per heavy atom. The largest absolute Gasteiger partial charge is 0.360 e. The van der Waals surface area contributed by atoms with Crippen molar-refractivity contribution in [1.82, 2.24) is 29.1 Å². The van der Waals surface area contributed by atoms with Gasteiger partial charge in [-0.05, 0) is 36.7 Å². The van der Waals surface area contributed by atoms with Crippen LogP contribution in [0.25, 0.3) is 21.3 Å². The van der Waals surface area contributed by atoms with Gasteiger partial charge in [-0.2, -0.15) is 10.2 Å². The first kappa shape index (κ1) is 31.1. The van der Waals surface area contributed by atoms with Crippen molar-refractivity contribution in [3.05, 3.63) is 106 Å². The molecule has 0 saturated carbocycles. The fourth-order valence-corrected chi connectivity index (χ4v) is 9.20. The fraction of sp³-hybridized carbons (Fsp3) is 0.312. The second kappa shape index (κ2) is 12.5. The van der Waals surface area contributed by atoms with E-state index >= 15 is 0 Å². The molecule has 45 heavy (non-hydrogen) atoms. The lowest BCUT2D eigenvalue weighted by Crippen LogP contribution is -2.25. The topological polar surface area (TPSA) is 114 Å². The van der Waals surface area contributed by atoms with Gasteiger partial charge in [0, 0.05) is 32.8 Å². The zero-order valence-corrected chi connectivity index (χ0v) is 28.4. The molecular formula is C32H36N6O4S2Si. The molecule has 0 aliphatic rings. The quantitative estimate of drug-likeness (QED) is 0.118. The lowest BCUT2D eigenvalue weighted by molar-refractivity contribution is 0.0783. The number of aromatic nitrogens is 6. The molecule has 0 spiro atoms. The lowest BCUT2D eigenvalue weighted by atomic mass is 10.2. The molecule has 0 N–H and O–H groups in total. The van der Waals surface area contributed by atoms with Crippen molar-refractivity contribution in [3.8, 4) is 0 Å². The second-order valence-electron chi connectivity index (χ2n) is 12.2. The number of ether oxygens (including phenoxy) is 1. The highest BCUT2D eigenvalue weighted by molar-refractivity contribution is 7.92. The molecule has 0 saturated heterocycles. The van der Waals surface area contributed by atoms with E-state index in [9.17, 15) is 13.2 Å². The molecule has 6 aromatic rings. The number of thiazole rings is 1. The van der Waals surface area contributed by atoms with E-state index in [1.807, 2.05) is 41.8 Å². The highest BCUT2D eigenvalue weighted by atomic mass is 32.2. The van der Waals surface area contributed by atoms with Gasteiger partial charge in [-0.1, -0.05) is 68.2 Å². The average Bonchev–Trinajstić information content (AvgIpc) is 3.72. The van der Waals surface area contributed by atoms with E-state index in [1.54, 1.807) is 53.5 Å². The minimum Gasteiger partial charge on any atom is -0.360 e. The Balaban J connectivity index is 1.42. The third-order valence-corrected chi connectivity index (χ3v) is 12.7.